The quantitative estimate of drug-likeness (QED) is 0.468. The first-order valence-corrected chi connectivity index (χ1v) is 4.74. The zero-order chi connectivity index (χ0) is 10.3. The van der Waals surface area contributed by atoms with Crippen molar-refractivity contribution in [2.24, 2.45) is 5.92 Å². The molecule has 0 radical (unpaired) electrons. The molecule has 0 aliphatic carbocycles. The number of rotatable bonds is 6. The Kier molecular flexibility index (Phi) is 6.51. The van der Waals surface area contributed by atoms with Gasteiger partial charge < -0.3 is 4.74 Å². The zero-order valence-electron chi connectivity index (χ0n) is 9.04. The van der Waals surface area contributed by atoms with Crippen LogP contribution in [0.2, 0.25) is 0 Å². The predicted octanol–water partition coefficient (Wildman–Crippen LogP) is 2.58. The predicted molar refractivity (Wildman–Crippen MR) is 54.7 cm³/mol. The van der Waals surface area contributed by atoms with Gasteiger partial charge in [-0.3, -0.25) is 4.79 Å². The van der Waals surface area contributed by atoms with Gasteiger partial charge in [0.1, 0.15) is 6.29 Å². The number of carbonyl (C=O) groups is 1. The van der Waals surface area contributed by atoms with Gasteiger partial charge in [0, 0.05) is 7.11 Å². The van der Waals surface area contributed by atoms with E-state index in [1.165, 1.54) is 0 Å². The summed E-state index contributed by atoms with van der Waals surface area (Å²) in [5.41, 5.74) is 0.783. The molecule has 0 amide bonds. The average Bonchev–Trinajstić information content (AvgIpc) is 2.10. The molecule has 0 spiro atoms. The molecule has 1 atom stereocenters. The van der Waals surface area contributed by atoms with Crippen LogP contribution in [0.5, 0.6) is 0 Å². The topological polar surface area (TPSA) is 26.3 Å². The van der Waals surface area contributed by atoms with Crippen LogP contribution in [0, 0.1) is 5.92 Å². The molecular formula is C11H20O2. The van der Waals surface area contributed by atoms with E-state index in [2.05, 4.69) is 13.8 Å². The number of carbonyl (C=O) groups excluding carboxylic acids is 1. The van der Waals surface area contributed by atoms with Crippen molar-refractivity contribution in [2.75, 3.05) is 7.11 Å². The van der Waals surface area contributed by atoms with Gasteiger partial charge in [-0.15, -0.1) is 0 Å². The van der Waals surface area contributed by atoms with Crippen molar-refractivity contribution < 1.29 is 9.53 Å². The van der Waals surface area contributed by atoms with Crippen LogP contribution in [0.25, 0.3) is 0 Å². The molecule has 2 heteroatoms. The molecule has 0 fully saturated rings. The zero-order valence-corrected chi connectivity index (χ0v) is 9.04. The molecule has 0 bridgehead atoms. The normalized spacial score (nSPS) is 14.7. The Morgan fingerprint density at radius 2 is 2.08 bits per heavy atom. The molecule has 0 N–H and O–H groups in total. The van der Waals surface area contributed by atoms with E-state index in [1.807, 2.05) is 13.0 Å². The van der Waals surface area contributed by atoms with Gasteiger partial charge in [-0.25, -0.2) is 0 Å². The Labute approximate surface area is 81.0 Å². The van der Waals surface area contributed by atoms with Crippen molar-refractivity contribution in [3.8, 4) is 0 Å². The molecule has 1 unspecified atom stereocenters. The number of allylic oxidation sites excluding steroid dienone is 1. The smallest absolute Gasteiger partial charge is 0.145 e. The van der Waals surface area contributed by atoms with Gasteiger partial charge in [0.25, 0.3) is 0 Å². The molecule has 13 heavy (non-hydrogen) atoms. The van der Waals surface area contributed by atoms with Gasteiger partial charge in [-0.1, -0.05) is 19.9 Å². The second-order valence-corrected chi connectivity index (χ2v) is 3.79. The Balaban J connectivity index is 3.91. The lowest BCUT2D eigenvalue weighted by atomic mass is 10.0. The largest absolute Gasteiger partial charge is 0.381 e. The molecular weight excluding hydrogens is 164 g/mol. The summed E-state index contributed by atoms with van der Waals surface area (Å²) in [6.07, 6.45) is 4.93. The van der Waals surface area contributed by atoms with Crippen LogP contribution in [-0.2, 0) is 9.53 Å². The minimum atomic E-state index is 0.245. The van der Waals surface area contributed by atoms with Crippen LogP contribution < -0.4 is 0 Å². The van der Waals surface area contributed by atoms with Crippen molar-refractivity contribution in [3.63, 3.8) is 0 Å². The summed E-state index contributed by atoms with van der Waals surface area (Å²) in [4.78, 5) is 10.3. The van der Waals surface area contributed by atoms with Crippen LogP contribution >= 0.6 is 0 Å². The second kappa shape index (κ2) is 6.84. The van der Waals surface area contributed by atoms with Crippen molar-refractivity contribution >= 4 is 6.29 Å². The van der Waals surface area contributed by atoms with Gasteiger partial charge in [0.2, 0.25) is 0 Å². The first-order valence-electron chi connectivity index (χ1n) is 4.74. The first kappa shape index (κ1) is 12.4. The third-order valence-electron chi connectivity index (χ3n) is 1.96. The van der Waals surface area contributed by atoms with E-state index in [1.54, 1.807) is 7.11 Å². The minimum absolute atomic E-state index is 0.245. The van der Waals surface area contributed by atoms with Crippen LogP contribution in [0.3, 0.4) is 0 Å². The van der Waals surface area contributed by atoms with E-state index in [9.17, 15) is 4.79 Å². The van der Waals surface area contributed by atoms with Gasteiger partial charge in [0.15, 0.2) is 0 Å². The van der Waals surface area contributed by atoms with Gasteiger partial charge in [-0.2, -0.15) is 0 Å². The highest BCUT2D eigenvalue weighted by Crippen LogP contribution is 2.12. The Hall–Kier alpha value is -0.630. The summed E-state index contributed by atoms with van der Waals surface area (Å²) in [5, 5.41) is 0. The summed E-state index contributed by atoms with van der Waals surface area (Å²) in [6, 6.07) is 0. The van der Waals surface area contributed by atoms with Crippen molar-refractivity contribution in [3.05, 3.63) is 11.6 Å². The van der Waals surface area contributed by atoms with E-state index in [0.717, 1.165) is 24.7 Å². The molecule has 76 valence electrons. The Bertz CT molecular complexity index is 171. The molecule has 2 nitrogen and oxygen atoms in total. The van der Waals surface area contributed by atoms with E-state index in [4.69, 9.17) is 4.74 Å². The maximum absolute atomic E-state index is 10.3. The fourth-order valence-electron chi connectivity index (χ4n) is 1.18. The average molecular weight is 184 g/mol. The Morgan fingerprint density at radius 1 is 1.46 bits per heavy atom. The maximum atomic E-state index is 10.3. The van der Waals surface area contributed by atoms with Crippen molar-refractivity contribution in [1.82, 2.24) is 0 Å². The number of hydrogen-bond acceptors (Lipinski definition) is 2. The lowest BCUT2D eigenvalue weighted by Crippen LogP contribution is -2.12. The number of aldehydes is 1. The van der Waals surface area contributed by atoms with Crippen molar-refractivity contribution in [1.29, 1.82) is 0 Å². The summed E-state index contributed by atoms with van der Waals surface area (Å²) < 4.78 is 5.30. The fourth-order valence-corrected chi connectivity index (χ4v) is 1.18. The molecule has 0 saturated carbocycles. The number of methoxy groups -OCH3 is 1. The van der Waals surface area contributed by atoms with Crippen molar-refractivity contribution in [2.45, 2.75) is 39.7 Å². The summed E-state index contributed by atoms with van der Waals surface area (Å²) in [6.45, 7) is 6.15. The highest BCUT2D eigenvalue weighted by atomic mass is 16.5. The fraction of sp³-hybridized carbons (Fsp3) is 0.727. The van der Waals surface area contributed by atoms with Crippen LogP contribution in [0.15, 0.2) is 11.6 Å². The number of ether oxygens (including phenoxy) is 1. The molecule has 0 rings (SSSR count). The SMILES string of the molecule is COC(C/C=C(\C)C=O)CC(C)C. The number of hydrogen-bond donors (Lipinski definition) is 0. The maximum Gasteiger partial charge on any atom is 0.145 e. The van der Waals surface area contributed by atoms with E-state index >= 15 is 0 Å². The van der Waals surface area contributed by atoms with Crippen LogP contribution in [0.4, 0.5) is 0 Å². The van der Waals surface area contributed by atoms with Crippen LogP contribution in [-0.4, -0.2) is 19.5 Å². The summed E-state index contributed by atoms with van der Waals surface area (Å²) in [5.74, 6) is 0.634. The highest BCUT2D eigenvalue weighted by Gasteiger charge is 2.07. The third-order valence-corrected chi connectivity index (χ3v) is 1.96. The molecule has 0 saturated heterocycles. The van der Waals surface area contributed by atoms with Gasteiger partial charge in [-0.05, 0) is 31.3 Å². The van der Waals surface area contributed by atoms with E-state index in [-0.39, 0.29) is 6.10 Å². The molecule has 0 aromatic heterocycles. The molecule has 0 heterocycles. The highest BCUT2D eigenvalue weighted by molar-refractivity contribution is 5.71. The molecule has 0 aromatic rings. The first-order chi connectivity index (χ1) is 6.10. The monoisotopic (exact) mass is 184 g/mol. The summed E-state index contributed by atoms with van der Waals surface area (Å²) >= 11 is 0. The molecule has 0 aliphatic heterocycles. The van der Waals surface area contributed by atoms with Gasteiger partial charge in [0.05, 0.1) is 6.10 Å². The second-order valence-electron chi connectivity index (χ2n) is 3.79. The molecule has 0 aromatic carbocycles. The lowest BCUT2D eigenvalue weighted by molar-refractivity contribution is -0.104. The van der Waals surface area contributed by atoms with Gasteiger partial charge >= 0.3 is 0 Å². The lowest BCUT2D eigenvalue weighted by Gasteiger charge is -2.15. The van der Waals surface area contributed by atoms with E-state index in [0.29, 0.717) is 5.92 Å². The summed E-state index contributed by atoms with van der Waals surface area (Å²) in [7, 11) is 1.72. The minimum Gasteiger partial charge on any atom is -0.381 e. The van der Waals surface area contributed by atoms with Crippen LogP contribution in [0.1, 0.15) is 33.6 Å². The van der Waals surface area contributed by atoms with E-state index < -0.39 is 0 Å². The third kappa shape index (κ3) is 6.52. The molecule has 0 aliphatic rings. The Morgan fingerprint density at radius 3 is 2.46 bits per heavy atom. The standard InChI is InChI=1S/C11H20O2/c1-9(2)7-11(13-4)6-5-10(3)8-12/h5,8-9,11H,6-7H2,1-4H3/b10-5+.